The van der Waals surface area contributed by atoms with Crippen molar-refractivity contribution >= 4 is 21.6 Å². The molecule has 0 spiro atoms. The minimum Gasteiger partial charge on any atom is -0.390 e. The number of nitrogens with zero attached hydrogens (tertiary/aromatic N) is 3. The molecule has 2 aromatic rings. The Morgan fingerprint density at radius 2 is 2.31 bits per heavy atom. The maximum Gasteiger partial charge on any atom is 0.156 e. The molecule has 0 fully saturated rings. The van der Waals surface area contributed by atoms with Crippen LogP contribution in [0.4, 0.5) is 0 Å². The average Bonchev–Trinajstić information content (AvgIpc) is 2.46. The summed E-state index contributed by atoms with van der Waals surface area (Å²) >= 11 is 3.27. The number of fused-ring (bicyclic) bond motifs is 1. The standard InChI is InChI=1S/C8H8BrN3O/c1-5-2-6(4-13)10-8-3-7(9)11-12(5)8/h2-3,13H,4H2,1H3. The number of aryl methyl sites for hydroxylation is 1. The summed E-state index contributed by atoms with van der Waals surface area (Å²) in [5.41, 5.74) is 2.37. The van der Waals surface area contributed by atoms with Crippen molar-refractivity contribution in [3.63, 3.8) is 0 Å². The SMILES string of the molecule is Cc1cc(CO)nc2cc(Br)nn12. The highest BCUT2D eigenvalue weighted by atomic mass is 79.9. The maximum absolute atomic E-state index is 8.92. The van der Waals surface area contributed by atoms with Gasteiger partial charge in [0.1, 0.15) is 4.60 Å². The Labute approximate surface area is 83.3 Å². The number of aliphatic hydroxyl groups excluding tert-OH is 1. The van der Waals surface area contributed by atoms with Gasteiger partial charge < -0.3 is 5.11 Å². The van der Waals surface area contributed by atoms with Crippen molar-refractivity contribution in [1.82, 2.24) is 14.6 Å². The van der Waals surface area contributed by atoms with Crippen molar-refractivity contribution in [2.75, 3.05) is 0 Å². The first-order valence-corrected chi connectivity index (χ1v) is 4.62. The predicted molar refractivity (Wildman–Crippen MR) is 51.3 cm³/mol. The molecule has 13 heavy (non-hydrogen) atoms. The van der Waals surface area contributed by atoms with Gasteiger partial charge in [-0.2, -0.15) is 5.10 Å². The summed E-state index contributed by atoms with van der Waals surface area (Å²) in [7, 11) is 0. The lowest BCUT2D eigenvalue weighted by atomic mass is 10.3. The fourth-order valence-electron chi connectivity index (χ4n) is 1.25. The second kappa shape index (κ2) is 3.08. The lowest BCUT2D eigenvalue weighted by Gasteiger charge is -2.00. The molecule has 0 saturated heterocycles. The molecular formula is C8H8BrN3O. The van der Waals surface area contributed by atoms with Crippen molar-refractivity contribution in [1.29, 1.82) is 0 Å². The van der Waals surface area contributed by atoms with E-state index < -0.39 is 0 Å². The fraction of sp³-hybridized carbons (Fsp3) is 0.250. The van der Waals surface area contributed by atoms with E-state index in [9.17, 15) is 0 Å². The third-order valence-electron chi connectivity index (χ3n) is 1.79. The Bertz CT molecular complexity index is 452. The summed E-state index contributed by atoms with van der Waals surface area (Å²) < 4.78 is 2.47. The number of halogens is 1. The summed E-state index contributed by atoms with van der Waals surface area (Å²) in [5, 5.41) is 13.1. The van der Waals surface area contributed by atoms with Gasteiger partial charge in [0.25, 0.3) is 0 Å². The molecule has 4 nitrogen and oxygen atoms in total. The van der Waals surface area contributed by atoms with Gasteiger partial charge in [0.2, 0.25) is 0 Å². The van der Waals surface area contributed by atoms with Gasteiger partial charge in [-0.15, -0.1) is 0 Å². The maximum atomic E-state index is 8.92. The van der Waals surface area contributed by atoms with E-state index in [0.717, 1.165) is 15.9 Å². The zero-order valence-corrected chi connectivity index (χ0v) is 8.61. The van der Waals surface area contributed by atoms with Crippen LogP contribution in [-0.4, -0.2) is 19.7 Å². The molecule has 0 atom stereocenters. The van der Waals surface area contributed by atoms with Crippen LogP contribution in [0.25, 0.3) is 5.65 Å². The Kier molecular flexibility index (Phi) is 2.05. The van der Waals surface area contributed by atoms with Crippen LogP contribution in [0.5, 0.6) is 0 Å². The highest BCUT2D eigenvalue weighted by molar-refractivity contribution is 9.10. The van der Waals surface area contributed by atoms with Gasteiger partial charge in [-0.05, 0) is 28.9 Å². The van der Waals surface area contributed by atoms with Crippen LogP contribution in [0.3, 0.4) is 0 Å². The number of rotatable bonds is 1. The van der Waals surface area contributed by atoms with Crippen LogP contribution in [0.15, 0.2) is 16.7 Å². The lowest BCUT2D eigenvalue weighted by Crippen LogP contribution is -1.99. The minimum absolute atomic E-state index is 0.0415. The van der Waals surface area contributed by atoms with E-state index in [4.69, 9.17) is 5.11 Å². The van der Waals surface area contributed by atoms with Gasteiger partial charge in [0, 0.05) is 11.8 Å². The van der Waals surface area contributed by atoms with E-state index in [-0.39, 0.29) is 6.61 Å². The summed E-state index contributed by atoms with van der Waals surface area (Å²) in [6.45, 7) is 1.88. The molecular weight excluding hydrogens is 234 g/mol. The van der Waals surface area contributed by atoms with Crippen molar-refractivity contribution in [3.8, 4) is 0 Å². The van der Waals surface area contributed by atoms with Crippen LogP contribution in [0.1, 0.15) is 11.4 Å². The van der Waals surface area contributed by atoms with Gasteiger partial charge in [0.15, 0.2) is 5.65 Å². The van der Waals surface area contributed by atoms with E-state index in [0.29, 0.717) is 5.69 Å². The van der Waals surface area contributed by atoms with Gasteiger partial charge in [0.05, 0.1) is 12.3 Å². The summed E-state index contributed by atoms with van der Waals surface area (Å²) in [6.07, 6.45) is 0. The summed E-state index contributed by atoms with van der Waals surface area (Å²) in [5.74, 6) is 0. The molecule has 1 N–H and O–H groups in total. The normalized spacial score (nSPS) is 11.0. The van der Waals surface area contributed by atoms with Crippen LogP contribution in [-0.2, 0) is 6.61 Å². The molecule has 2 heterocycles. The van der Waals surface area contributed by atoms with E-state index >= 15 is 0 Å². The number of aliphatic hydroxyl groups is 1. The van der Waals surface area contributed by atoms with Gasteiger partial charge in [-0.25, -0.2) is 9.50 Å². The van der Waals surface area contributed by atoms with E-state index in [1.807, 2.05) is 19.1 Å². The quantitative estimate of drug-likeness (QED) is 0.819. The number of hydrogen-bond donors (Lipinski definition) is 1. The molecule has 0 aliphatic rings. The zero-order chi connectivity index (χ0) is 9.42. The molecule has 0 aromatic carbocycles. The second-order valence-corrected chi connectivity index (χ2v) is 3.60. The largest absolute Gasteiger partial charge is 0.390 e. The summed E-state index contributed by atoms with van der Waals surface area (Å²) in [4.78, 5) is 4.20. The Morgan fingerprint density at radius 3 is 3.00 bits per heavy atom. The zero-order valence-electron chi connectivity index (χ0n) is 7.03. The number of hydrogen-bond acceptors (Lipinski definition) is 3. The molecule has 0 aliphatic carbocycles. The third-order valence-corrected chi connectivity index (χ3v) is 2.18. The molecule has 5 heteroatoms. The fourth-order valence-corrected chi connectivity index (χ4v) is 1.61. The van der Waals surface area contributed by atoms with E-state index in [2.05, 4.69) is 26.0 Å². The topological polar surface area (TPSA) is 50.4 Å². The van der Waals surface area contributed by atoms with E-state index in [1.165, 1.54) is 0 Å². The van der Waals surface area contributed by atoms with E-state index in [1.54, 1.807) is 4.52 Å². The molecule has 2 rings (SSSR count). The Hall–Kier alpha value is -0.940. The molecule has 68 valence electrons. The first-order valence-electron chi connectivity index (χ1n) is 3.83. The molecule has 0 unspecified atom stereocenters. The second-order valence-electron chi connectivity index (χ2n) is 2.78. The van der Waals surface area contributed by atoms with Gasteiger partial charge in [-0.1, -0.05) is 0 Å². The van der Waals surface area contributed by atoms with Crippen molar-refractivity contribution in [3.05, 3.63) is 28.1 Å². The van der Waals surface area contributed by atoms with Crippen molar-refractivity contribution < 1.29 is 5.11 Å². The van der Waals surface area contributed by atoms with Crippen LogP contribution >= 0.6 is 15.9 Å². The van der Waals surface area contributed by atoms with Crippen LogP contribution < -0.4 is 0 Å². The minimum atomic E-state index is -0.0415. The van der Waals surface area contributed by atoms with Crippen LogP contribution in [0, 0.1) is 6.92 Å². The third kappa shape index (κ3) is 1.45. The first-order chi connectivity index (χ1) is 6.20. The van der Waals surface area contributed by atoms with Crippen molar-refractivity contribution in [2.45, 2.75) is 13.5 Å². The number of aromatic nitrogens is 3. The molecule has 0 amide bonds. The smallest absolute Gasteiger partial charge is 0.156 e. The van der Waals surface area contributed by atoms with Gasteiger partial charge >= 0.3 is 0 Å². The molecule has 0 radical (unpaired) electrons. The van der Waals surface area contributed by atoms with Crippen molar-refractivity contribution in [2.24, 2.45) is 0 Å². The average molecular weight is 242 g/mol. The van der Waals surface area contributed by atoms with Crippen LogP contribution in [0.2, 0.25) is 0 Å². The molecule has 0 aliphatic heterocycles. The lowest BCUT2D eigenvalue weighted by molar-refractivity contribution is 0.277. The molecule has 2 aromatic heterocycles. The highest BCUT2D eigenvalue weighted by Gasteiger charge is 2.04. The molecule has 0 saturated carbocycles. The predicted octanol–water partition coefficient (Wildman–Crippen LogP) is 1.29. The monoisotopic (exact) mass is 241 g/mol. The Balaban J connectivity index is 2.75. The molecule has 0 bridgehead atoms. The first kappa shape index (κ1) is 8.65. The highest BCUT2D eigenvalue weighted by Crippen LogP contribution is 2.12. The summed E-state index contributed by atoms with van der Waals surface area (Å²) in [6, 6.07) is 3.62. The van der Waals surface area contributed by atoms with Gasteiger partial charge in [-0.3, -0.25) is 0 Å². The Morgan fingerprint density at radius 1 is 1.54 bits per heavy atom.